The second-order valence-electron chi connectivity index (χ2n) is 3.05. The van der Waals surface area contributed by atoms with Gasteiger partial charge in [0.15, 0.2) is 0 Å². The van der Waals surface area contributed by atoms with E-state index in [-0.39, 0.29) is 12.3 Å². The highest BCUT2D eigenvalue weighted by molar-refractivity contribution is 6.30. The molecule has 3 heteroatoms. The minimum atomic E-state index is -0.785. The highest BCUT2D eigenvalue weighted by atomic mass is 35.5. The number of halogens is 1. The number of benzene rings is 1. The number of rotatable bonds is 3. The molecule has 2 nitrogen and oxygen atoms in total. The number of hydrogen-bond donors (Lipinski definition) is 1. The van der Waals surface area contributed by atoms with E-state index in [1.807, 2.05) is 19.1 Å². The fourth-order valence-electron chi connectivity index (χ4n) is 1.19. The van der Waals surface area contributed by atoms with Gasteiger partial charge in [-0.3, -0.25) is 4.79 Å². The van der Waals surface area contributed by atoms with Gasteiger partial charge in [-0.15, -0.1) is 0 Å². The Kier molecular flexibility index (Phi) is 3.32. The zero-order valence-electron chi connectivity index (χ0n) is 7.33. The molecule has 70 valence electrons. The summed E-state index contributed by atoms with van der Waals surface area (Å²) in [4.78, 5) is 10.4. The van der Waals surface area contributed by atoms with E-state index >= 15 is 0 Å². The molecule has 0 fully saturated rings. The molecule has 0 aliphatic carbocycles. The van der Waals surface area contributed by atoms with Crippen LogP contribution < -0.4 is 0 Å². The summed E-state index contributed by atoms with van der Waals surface area (Å²) in [6.45, 7) is 1.87. The van der Waals surface area contributed by atoms with E-state index in [9.17, 15) is 4.79 Å². The van der Waals surface area contributed by atoms with Crippen molar-refractivity contribution in [1.29, 1.82) is 0 Å². The van der Waals surface area contributed by atoms with Crippen LogP contribution in [0.1, 0.15) is 24.8 Å². The highest BCUT2D eigenvalue weighted by Crippen LogP contribution is 2.21. The molecule has 0 saturated heterocycles. The van der Waals surface area contributed by atoms with Gasteiger partial charge in [0.05, 0.1) is 6.42 Å². The van der Waals surface area contributed by atoms with Gasteiger partial charge in [0.2, 0.25) is 0 Å². The van der Waals surface area contributed by atoms with Crippen LogP contribution in [0.2, 0.25) is 5.02 Å². The number of carbonyl (C=O) groups is 1. The zero-order chi connectivity index (χ0) is 9.84. The van der Waals surface area contributed by atoms with Crippen molar-refractivity contribution in [3.05, 3.63) is 34.9 Å². The summed E-state index contributed by atoms with van der Waals surface area (Å²) in [6, 6.07) is 7.29. The minimum absolute atomic E-state index is 0.0104. The fourth-order valence-corrected chi connectivity index (χ4v) is 1.39. The summed E-state index contributed by atoms with van der Waals surface area (Å²) in [5.41, 5.74) is 0.968. The van der Waals surface area contributed by atoms with Crippen LogP contribution in [0.5, 0.6) is 0 Å². The average Bonchev–Trinajstić information content (AvgIpc) is 2.03. The Balaban J connectivity index is 2.76. The van der Waals surface area contributed by atoms with Crippen LogP contribution in [0.25, 0.3) is 0 Å². The Hall–Kier alpha value is -1.02. The molecule has 0 spiro atoms. The minimum Gasteiger partial charge on any atom is -0.481 e. The van der Waals surface area contributed by atoms with Crippen molar-refractivity contribution in [2.45, 2.75) is 19.3 Å². The molecule has 0 aliphatic rings. The largest absolute Gasteiger partial charge is 0.481 e. The quantitative estimate of drug-likeness (QED) is 0.811. The van der Waals surface area contributed by atoms with Crippen molar-refractivity contribution in [3.63, 3.8) is 0 Å². The lowest BCUT2D eigenvalue weighted by atomic mass is 9.98. The molecule has 1 N–H and O–H groups in total. The van der Waals surface area contributed by atoms with Gasteiger partial charge >= 0.3 is 5.97 Å². The van der Waals surface area contributed by atoms with Crippen LogP contribution in [0.15, 0.2) is 24.3 Å². The van der Waals surface area contributed by atoms with Crippen molar-refractivity contribution in [3.8, 4) is 0 Å². The molecule has 0 bridgehead atoms. The highest BCUT2D eigenvalue weighted by Gasteiger charge is 2.09. The van der Waals surface area contributed by atoms with Crippen molar-refractivity contribution in [2.75, 3.05) is 0 Å². The molecule has 13 heavy (non-hydrogen) atoms. The molecule has 0 unspecified atom stereocenters. The van der Waals surface area contributed by atoms with Crippen LogP contribution >= 0.6 is 11.6 Å². The summed E-state index contributed by atoms with van der Waals surface area (Å²) in [5, 5.41) is 9.23. The Labute approximate surface area is 82.2 Å². The fraction of sp³-hybridized carbons (Fsp3) is 0.300. The molecular weight excluding hydrogens is 188 g/mol. The third kappa shape index (κ3) is 3.07. The van der Waals surface area contributed by atoms with Crippen LogP contribution in [-0.4, -0.2) is 11.1 Å². The summed E-state index contributed by atoms with van der Waals surface area (Å²) >= 11 is 5.78. The third-order valence-electron chi connectivity index (χ3n) is 1.90. The van der Waals surface area contributed by atoms with Gasteiger partial charge in [-0.2, -0.15) is 0 Å². The van der Waals surface area contributed by atoms with Crippen molar-refractivity contribution in [2.24, 2.45) is 0 Å². The standard InChI is InChI=1S/C10H11ClO2/c1-7(5-10(12)13)8-3-2-4-9(11)6-8/h2-4,6-7H,5H2,1H3,(H,12,13)/t7-/m1/s1. The maximum absolute atomic E-state index is 10.4. The zero-order valence-corrected chi connectivity index (χ0v) is 8.08. The second-order valence-corrected chi connectivity index (χ2v) is 3.49. The van der Waals surface area contributed by atoms with Gasteiger partial charge in [0.25, 0.3) is 0 Å². The lowest BCUT2D eigenvalue weighted by molar-refractivity contribution is -0.137. The van der Waals surface area contributed by atoms with Gasteiger partial charge < -0.3 is 5.11 Å². The van der Waals surface area contributed by atoms with E-state index in [2.05, 4.69) is 0 Å². The Morgan fingerprint density at radius 1 is 1.62 bits per heavy atom. The molecule has 1 aromatic rings. The van der Waals surface area contributed by atoms with Crippen LogP contribution in [0, 0.1) is 0 Å². The topological polar surface area (TPSA) is 37.3 Å². The van der Waals surface area contributed by atoms with Gasteiger partial charge in [-0.05, 0) is 23.6 Å². The van der Waals surface area contributed by atoms with Crippen molar-refractivity contribution in [1.82, 2.24) is 0 Å². The molecule has 1 aromatic carbocycles. The molecule has 0 aromatic heterocycles. The molecule has 0 amide bonds. The van der Waals surface area contributed by atoms with Gasteiger partial charge in [-0.1, -0.05) is 30.7 Å². The molecule has 0 aliphatic heterocycles. The van der Waals surface area contributed by atoms with Crippen LogP contribution in [0.4, 0.5) is 0 Å². The molecule has 1 rings (SSSR count). The summed E-state index contributed by atoms with van der Waals surface area (Å²) < 4.78 is 0. The van der Waals surface area contributed by atoms with E-state index in [1.165, 1.54) is 0 Å². The third-order valence-corrected chi connectivity index (χ3v) is 2.13. The van der Waals surface area contributed by atoms with Crippen LogP contribution in [-0.2, 0) is 4.79 Å². The van der Waals surface area contributed by atoms with Gasteiger partial charge in [0, 0.05) is 5.02 Å². The normalized spacial score (nSPS) is 12.5. The number of aliphatic carboxylic acids is 1. The van der Waals surface area contributed by atoms with E-state index in [0.29, 0.717) is 5.02 Å². The lowest BCUT2D eigenvalue weighted by Crippen LogP contribution is -2.02. The summed E-state index contributed by atoms with van der Waals surface area (Å²) in [5.74, 6) is -0.774. The van der Waals surface area contributed by atoms with Gasteiger partial charge in [-0.25, -0.2) is 0 Å². The van der Waals surface area contributed by atoms with Gasteiger partial charge in [0.1, 0.15) is 0 Å². The first-order chi connectivity index (χ1) is 6.09. The van der Waals surface area contributed by atoms with E-state index in [0.717, 1.165) is 5.56 Å². The predicted molar refractivity (Wildman–Crippen MR) is 52.1 cm³/mol. The van der Waals surface area contributed by atoms with E-state index < -0.39 is 5.97 Å². The van der Waals surface area contributed by atoms with E-state index in [1.54, 1.807) is 12.1 Å². The average molecular weight is 199 g/mol. The Morgan fingerprint density at radius 3 is 2.85 bits per heavy atom. The summed E-state index contributed by atoms with van der Waals surface area (Å²) in [7, 11) is 0. The Morgan fingerprint density at radius 2 is 2.31 bits per heavy atom. The Bertz CT molecular complexity index is 310. The summed E-state index contributed by atoms with van der Waals surface area (Å²) in [6.07, 6.45) is 0.139. The first kappa shape index (κ1) is 10.1. The second kappa shape index (κ2) is 4.28. The lowest BCUT2D eigenvalue weighted by Gasteiger charge is -2.08. The van der Waals surface area contributed by atoms with Crippen molar-refractivity contribution >= 4 is 17.6 Å². The molecule has 0 heterocycles. The predicted octanol–water partition coefficient (Wildman–Crippen LogP) is 2.92. The van der Waals surface area contributed by atoms with Crippen molar-refractivity contribution < 1.29 is 9.90 Å². The number of hydrogen-bond acceptors (Lipinski definition) is 1. The number of carboxylic acid groups (broad SMARTS) is 1. The molecule has 0 radical (unpaired) electrons. The molecule has 1 atom stereocenters. The maximum Gasteiger partial charge on any atom is 0.303 e. The van der Waals surface area contributed by atoms with Crippen LogP contribution in [0.3, 0.4) is 0 Å². The van der Waals surface area contributed by atoms with E-state index in [4.69, 9.17) is 16.7 Å². The first-order valence-corrected chi connectivity index (χ1v) is 4.44. The monoisotopic (exact) mass is 198 g/mol. The molecule has 0 saturated carbocycles. The SMILES string of the molecule is C[C@H](CC(=O)O)c1cccc(Cl)c1. The first-order valence-electron chi connectivity index (χ1n) is 4.07. The smallest absolute Gasteiger partial charge is 0.303 e. The maximum atomic E-state index is 10.4. The number of carboxylic acids is 1. The molecular formula is C10H11ClO2.